The number of nitrogens with one attached hydrogen (secondary N) is 3. The van der Waals surface area contributed by atoms with Gasteiger partial charge in [0.05, 0.1) is 70.0 Å². The third kappa shape index (κ3) is 17.4. The van der Waals surface area contributed by atoms with E-state index in [2.05, 4.69) is 16.0 Å². The maximum absolute atomic E-state index is 13.2. The van der Waals surface area contributed by atoms with Crippen LogP contribution in [0.5, 0.6) is 0 Å². The van der Waals surface area contributed by atoms with E-state index in [0.717, 1.165) is 20.8 Å². The summed E-state index contributed by atoms with van der Waals surface area (Å²) in [6.45, 7) is -1.55. The van der Waals surface area contributed by atoms with Crippen LogP contribution in [0.15, 0.2) is 0 Å². The number of ether oxygens (including phenoxy) is 12. The largest absolute Gasteiger partial charge is 0.477 e. The molecule has 528 valence electrons. The van der Waals surface area contributed by atoms with Crippen molar-refractivity contribution in [3.8, 4) is 0 Å². The van der Waals surface area contributed by atoms with E-state index in [-0.39, 0.29) is 0 Å². The van der Waals surface area contributed by atoms with E-state index in [0.29, 0.717) is 0 Å². The molecule has 91 heavy (non-hydrogen) atoms. The predicted molar refractivity (Wildman–Crippen MR) is 283 cm³/mol. The van der Waals surface area contributed by atoms with Gasteiger partial charge in [-0.1, -0.05) is 0 Å². The molecule has 6 rings (SSSR count). The molecular weight excluding hydrogens is 1250 g/mol. The van der Waals surface area contributed by atoms with Crippen molar-refractivity contribution in [2.75, 3.05) is 39.6 Å². The SMILES string of the molecule is CC(=O)N[C@H]1[C@H](OC[C@@H](O)[C@H](O)[C@H](O[C@@H]2O[C@H](CO)[C@H](O)[C@H](O)[C@H]2O[C@@H]2O[C@@H](C)[C@@H](O)[C@@H](O)[C@@H]2O)[C@H](CO)NC(C)=O)O[C@H](CO)[C@@H](O[C@@H]2O[C@H](CO)[C@H](O)[C@H](O[C@]3(C(=O)O)C[C@H](O)[C@@H](NC(C)=O)[C@H]([C@H](O)[C@H](O)CO)O3)[C@H]2O)[C@@H]1O[C@@H]1O[C@@H](C)[C@@H](O)[C@@H](O)[C@@H]1O. The molecule has 0 unspecified atom stereocenters. The Balaban J connectivity index is 1.34. The maximum Gasteiger partial charge on any atom is 0.364 e. The van der Waals surface area contributed by atoms with Crippen molar-refractivity contribution >= 4 is 23.7 Å². The molecule has 0 bridgehead atoms. The van der Waals surface area contributed by atoms with Gasteiger partial charge in [0.1, 0.15) is 146 Å². The molecule has 0 aromatic carbocycles. The molecule has 6 heterocycles. The molecule has 0 saturated carbocycles. The first kappa shape index (κ1) is 76.6. The van der Waals surface area contributed by atoms with Crippen molar-refractivity contribution in [3.05, 3.63) is 0 Å². The van der Waals surface area contributed by atoms with Crippen LogP contribution in [0.1, 0.15) is 41.0 Å². The Morgan fingerprint density at radius 1 is 0.516 bits per heavy atom. The van der Waals surface area contributed by atoms with E-state index in [1.165, 1.54) is 13.8 Å². The average molecular weight is 1330 g/mol. The van der Waals surface area contributed by atoms with Crippen LogP contribution >= 0.6 is 0 Å². The van der Waals surface area contributed by atoms with Gasteiger partial charge in [-0.25, -0.2) is 4.79 Å². The predicted octanol–water partition coefficient (Wildman–Crippen LogP) is -14.9. The molecule has 40 nitrogen and oxygen atoms in total. The van der Waals surface area contributed by atoms with Crippen LogP contribution in [-0.4, -0.2) is 385 Å². The molecule has 0 spiro atoms. The van der Waals surface area contributed by atoms with E-state index in [4.69, 9.17) is 56.8 Å². The smallest absolute Gasteiger partial charge is 0.364 e. The number of hydrogen-bond acceptors (Lipinski definition) is 36. The van der Waals surface area contributed by atoms with Crippen molar-refractivity contribution in [2.45, 2.75) is 255 Å². The number of carboxylic acid groups (broad SMARTS) is 1. The fourth-order valence-electron chi connectivity index (χ4n) is 11.3. The Hall–Kier alpha value is -3.40. The summed E-state index contributed by atoms with van der Waals surface area (Å²) in [6.07, 6.45) is -64.6. The third-order valence-electron chi connectivity index (χ3n) is 16.3. The van der Waals surface area contributed by atoms with Crippen molar-refractivity contribution in [3.63, 3.8) is 0 Å². The molecule has 6 aliphatic rings. The number of aliphatic hydroxyl groups is 20. The highest BCUT2D eigenvalue weighted by atomic mass is 16.8. The van der Waals surface area contributed by atoms with E-state index in [1.54, 1.807) is 0 Å². The van der Waals surface area contributed by atoms with Gasteiger partial charge >= 0.3 is 5.97 Å². The third-order valence-corrected chi connectivity index (χ3v) is 16.3. The second kappa shape index (κ2) is 33.0. The summed E-state index contributed by atoms with van der Waals surface area (Å²) < 4.78 is 70.1. The number of carbonyl (C=O) groups excluding carboxylic acids is 3. The summed E-state index contributed by atoms with van der Waals surface area (Å²) >= 11 is 0. The van der Waals surface area contributed by atoms with Gasteiger partial charge in [-0.3, -0.25) is 14.4 Å². The minimum absolute atomic E-state index is 0.856. The molecule has 24 N–H and O–H groups in total. The molecular formula is C51H87N3O37. The standard InChI is InChI=1S/C51H87N3O37/c1-13-27(66)33(72)36(75)46(81-13)88-42-26(54-17(5)62)45(80-12-21(65)30(69)39(18(7-55)52-15(3)60)86-49-44(35(74)31(70)22(9-57)84-49)89-47-37(76)34(73)28(67)14(2)82-47)85-24(11-59)40(42)87-48-38(77)43(32(71)23(10-58)83-48)91-51(50(78)79)6-19(63)25(53-16(4)61)41(90-51)29(68)20(64)8-56/h13-14,18-49,55-59,63-77H,6-12H2,1-5H3,(H,52,60)(H,53,61)(H,54,62)(H,78,79)/t13-,14-,18-,19-,20+,21+,22+,23+,24+,25+,26+,27+,28+,29+,30-,31-,32-,33+,34+,35-,36-,37-,38+,39+,40+,41+,42+,43-,44+,45+,46-,47-,48-,49-,51-/m0/s1. The monoisotopic (exact) mass is 1330 g/mol. The molecule has 0 aromatic heterocycles. The first-order valence-corrected chi connectivity index (χ1v) is 28.9. The molecule has 0 aromatic rings. The van der Waals surface area contributed by atoms with Crippen LogP contribution in [0.4, 0.5) is 0 Å². The highest BCUT2D eigenvalue weighted by Crippen LogP contribution is 2.40. The lowest BCUT2D eigenvalue weighted by molar-refractivity contribution is -0.391. The minimum atomic E-state index is -3.28. The van der Waals surface area contributed by atoms with E-state index in [9.17, 15) is 126 Å². The summed E-state index contributed by atoms with van der Waals surface area (Å²) in [7, 11) is 0. The van der Waals surface area contributed by atoms with Gasteiger partial charge in [-0.05, 0) is 13.8 Å². The van der Waals surface area contributed by atoms with Crippen molar-refractivity contribution in [1.29, 1.82) is 0 Å². The Morgan fingerprint density at radius 3 is 1.52 bits per heavy atom. The van der Waals surface area contributed by atoms with Gasteiger partial charge in [0.15, 0.2) is 31.5 Å². The van der Waals surface area contributed by atoms with E-state index < -0.39 is 284 Å². The first-order chi connectivity index (χ1) is 42.7. The normalized spacial score (nSPS) is 44.3. The molecule has 0 aliphatic carbocycles. The Kier molecular flexibility index (Phi) is 27.8. The lowest BCUT2D eigenvalue weighted by Gasteiger charge is -2.51. The molecule has 3 amide bonds. The van der Waals surface area contributed by atoms with Crippen molar-refractivity contribution in [2.24, 2.45) is 0 Å². The number of carbonyl (C=O) groups is 4. The highest BCUT2D eigenvalue weighted by Gasteiger charge is 2.62. The van der Waals surface area contributed by atoms with Gasteiger partial charge in [0, 0.05) is 27.2 Å². The van der Waals surface area contributed by atoms with E-state index >= 15 is 0 Å². The summed E-state index contributed by atoms with van der Waals surface area (Å²) in [5.74, 6) is -8.11. The van der Waals surface area contributed by atoms with Gasteiger partial charge in [-0.15, -0.1) is 0 Å². The summed E-state index contributed by atoms with van der Waals surface area (Å²) in [5.41, 5.74) is 0. The highest BCUT2D eigenvalue weighted by molar-refractivity contribution is 5.77. The fraction of sp³-hybridized carbons (Fsp3) is 0.922. The number of aliphatic carboxylic acids is 1. The number of hydrogen-bond donors (Lipinski definition) is 24. The lowest BCUT2D eigenvalue weighted by atomic mass is 9.88. The topological polar surface area (TPSA) is 640 Å². The summed E-state index contributed by atoms with van der Waals surface area (Å²) in [6, 6.07) is -5.43. The molecule has 35 atom stereocenters. The zero-order valence-corrected chi connectivity index (χ0v) is 49.5. The summed E-state index contributed by atoms with van der Waals surface area (Å²) in [4.78, 5) is 51.1. The van der Waals surface area contributed by atoms with E-state index in [1.807, 2.05) is 0 Å². The molecule has 0 radical (unpaired) electrons. The van der Waals surface area contributed by atoms with Gasteiger partial charge in [0.2, 0.25) is 17.7 Å². The maximum atomic E-state index is 13.2. The quantitative estimate of drug-likeness (QED) is 0.0363. The zero-order chi connectivity index (χ0) is 68.0. The van der Waals surface area contributed by atoms with Crippen molar-refractivity contribution in [1.82, 2.24) is 16.0 Å². The molecule has 6 saturated heterocycles. The molecule has 40 heteroatoms. The second-order valence-corrected chi connectivity index (χ2v) is 23.0. The minimum Gasteiger partial charge on any atom is -0.477 e. The van der Waals surface area contributed by atoms with Gasteiger partial charge in [0.25, 0.3) is 5.79 Å². The number of rotatable bonds is 27. The van der Waals surface area contributed by atoms with Crippen LogP contribution in [0.2, 0.25) is 0 Å². The zero-order valence-electron chi connectivity index (χ0n) is 49.5. The Bertz CT molecular complexity index is 2330. The fourth-order valence-corrected chi connectivity index (χ4v) is 11.3. The van der Waals surface area contributed by atoms with Crippen molar-refractivity contribution < 1.29 is 183 Å². The van der Waals surface area contributed by atoms with Crippen LogP contribution < -0.4 is 16.0 Å². The number of carboxylic acids is 1. The van der Waals surface area contributed by atoms with Gasteiger partial charge in [-0.2, -0.15) is 0 Å². The number of aliphatic hydroxyl groups excluding tert-OH is 20. The van der Waals surface area contributed by atoms with Gasteiger partial charge < -0.3 is 180 Å². The van der Waals surface area contributed by atoms with Crippen LogP contribution in [-0.2, 0) is 76.0 Å². The summed E-state index contributed by atoms with van der Waals surface area (Å²) in [5, 5.41) is 236. The van der Waals surface area contributed by atoms with Crippen LogP contribution in [0.25, 0.3) is 0 Å². The molecule has 6 aliphatic heterocycles. The Morgan fingerprint density at radius 2 is 1.01 bits per heavy atom. The van der Waals surface area contributed by atoms with Crippen LogP contribution in [0.3, 0.4) is 0 Å². The second-order valence-electron chi connectivity index (χ2n) is 23.0. The van der Waals surface area contributed by atoms with Crippen LogP contribution in [0, 0.1) is 0 Å². The first-order valence-electron chi connectivity index (χ1n) is 28.9. The number of amides is 3. The molecule has 6 fully saturated rings. The average Bonchev–Trinajstić information content (AvgIpc) is 0.913. The Labute approximate surface area is 516 Å². The lowest BCUT2D eigenvalue weighted by Crippen LogP contribution is -2.71.